The lowest BCUT2D eigenvalue weighted by Gasteiger charge is -2.20. The van der Waals surface area contributed by atoms with Crippen molar-refractivity contribution in [2.75, 3.05) is 102 Å². The highest BCUT2D eigenvalue weighted by atomic mass is 32.2. The second-order valence-corrected chi connectivity index (χ2v) is 22.1. The van der Waals surface area contributed by atoms with Crippen LogP contribution in [0.5, 0.6) is 5.75 Å². The van der Waals surface area contributed by atoms with Gasteiger partial charge in [-0.2, -0.15) is 0 Å². The van der Waals surface area contributed by atoms with Crippen molar-refractivity contribution < 1.29 is 55.4 Å². The lowest BCUT2D eigenvalue weighted by atomic mass is 9.77. The number of carbonyl (C=O) groups excluding carboxylic acids is 2. The molecule has 406 valence electrons. The van der Waals surface area contributed by atoms with Gasteiger partial charge in [0.1, 0.15) is 5.75 Å². The van der Waals surface area contributed by atoms with Crippen LogP contribution in [0.25, 0.3) is 6.08 Å². The Labute approximate surface area is 448 Å². The molecule has 3 aliphatic heterocycles. The first kappa shape index (κ1) is 61.2. The molecule has 7 rings (SSSR count). The molecule has 4 aromatic rings. The number of ketones is 1. The molecule has 20 heteroatoms. The van der Waals surface area contributed by atoms with Gasteiger partial charge < -0.3 is 52.1 Å². The monoisotopic (exact) mass is 1050 g/mol. The molecule has 0 aliphatic carbocycles. The molecular formula is C55H79B3N4O12S. The fourth-order valence-electron chi connectivity index (χ4n) is 8.40. The van der Waals surface area contributed by atoms with E-state index in [1.165, 1.54) is 18.4 Å². The van der Waals surface area contributed by atoms with Crippen LogP contribution < -0.4 is 21.1 Å². The maximum atomic E-state index is 12.4. The minimum Gasteiger partial charge on any atom is -0.479 e. The Balaban J connectivity index is 0.000000210. The second-order valence-electron chi connectivity index (χ2n) is 20.0. The number of hydrogen-bond donors (Lipinski definition) is 0. The normalized spacial score (nSPS) is 15.0. The summed E-state index contributed by atoms with van der Waals surface area (Å²) < 4.78 is 71.9. The first-order valence-corrected chi connectivity index (χ1v) is 27.3. The SMILES string of the molecule is CCOC(=O)C(CC)Oc1ccc2c(c1)B(OCCCN(C)C)OC2.CN(C)CCCOB1OC(C)(C)c2ccc(/C=C/C(=O)c3ccccc3)cc21.CN(C)CCCOB1OCc2c1cccc2S(=O)(=O)N(C)C. The summed E-state index contributed by atoms with van der Waals surface area (Å²) in [6, 6.07) is 26.4. The van der Waals surface area contributed by atoms with Crippen molar-refractivity contribution in [3.05, 3.63) is 119 Å². The zero-order chi connectivity index (χ0) is 54.7. The van der Waals surface area contributed by atoms with Gasteiger partial charge in [-0.05, 0) is 171 Å². The fourth-order valence-corrected chi connectivity index (χ4v) is 9.53. The molecule has 0 saturated carbocycles. The van der Waals surface area contributed by atoms with Crippen molar-refractivity contribution in [3.8, 4) is 5.75 Å². The molecule has 1 unspecified atom stereocenters. The maximum Gasteiger partial charge on any atom is 0.494 e. The molecule has 0 radical (unpaired) electrons. The van der Waals surface area contributed by atoms with Crippen molar-refractivity contribution in [3.63, 3.8) is 0 Å². The van der Waals surface area contributed by atoms with Gasteiger partial charge in [-0.3, -0.25) is 4.79 Å². The number of hydrogen-bond acceptors (Lipinski definition) is 15. The molecule has 3 heterocycles. The number of nitrogens with zero attached hydrogens (tertiary/aromatic N) is 4. The van der Waals surface area contributed by atoms with E-state index in [-0.39, 0.29) is 38.2 Å². The lowest BCUT2D eigenvalue weighted by molar-refractivity contribution is -0.151. The van der Waals surface area contributed by atoms with Crippen molar-refractivity contribution in [1.29, 1.82) is 0 Å². The van der Waals surface area contributed by atoms with Gasteiger partial charge in [0.2, 0.25) is 10.0 Å². The predicted molar refractivity (Wildman–Crippen MR) is 299 cm³/mol. The average molecular weight is 1050 g/mol. The summed E-state index contributed by atoms with van der Waals surface area (Å²) in [5, 5.41) is 0. The Bertz CT molecular complexity index is 2590. The molecule has 75 heavy (non-hydrogen) atoms. The van der Waals surface area contributed by atoms with E-state index in [1.54, 1.807) is 25.1 Å². The van der Waals surface area contributed by atoms with Gasteiger partial charge in [-0.1, -0.05) is 79.7 Å². The lowest BCUT2D eigenvalue weighted by Crippen LogP contribution is -2.34. The van der Waals surface area contributed by atoms with E-state index in [0.29, 0.717) is 61.2 Å². The number of carbonyl (C=O) groups is 2. The third kappa shape index (κ3) is 18.2. The zero-order valence-electron chi connectivity index (χ0n) is 46.3. The molecule has 0 amide bonds. The first-order chi connectivity index (χ1) is 35.7. The molecule has 0 N–H and O–H groups in total. The summed E-state index contributed by atoms with van der Waals surface area (Å²) in [5.74, 6) is 0.290. The van der Waals surface area contributed by atoms with E-state index in [2.05, 4.69) is 54.8 Å². The van der Waals surface area contributed by atoms with E-state index in [9.17, 15) is 18.0 Å². The van der Waals surface area contributed by atoms with Crippen molar-refractivity contribution in [2.45, 2.75) is 83.2 Å². The molecule has 0 fully saturated rings. The molecule has 0 aromatic heterocycles. The number of benzene rings is 4. The van der Waals surface area contributed by atoms with E-state index < -0.39 is 23.2 Å². The van der Waals surface area contributed by atoms with Gasteiger partial charge >= 0.3 is 27.3 Å². The van der Waals surface area contributed by atoms with Crippen LogP contribution in [0.15, 0.2) is 95.9 Å². The van der Waals surface area contributed by atoms with E-state index in [1.807, 2.05) is 102 Å². The van der Waals surface area contributed by atoms with Crippen LogP contribution in [0.4, 0.5) is 0 Å². The molecule has 4 aromatic carbocycles. The Morgan fingerprint density at radius 3 is 1.88 bits per heavy atom. The van der Waals surface area contributed by atoms with Crippen molar-refractivity contribution in [1.82, 2.24) is 19.0 Å². The quantitative estimate of drug-likeness (QED) is 0.0279. The van der Waals surface area contributed by atoms with Gasteiger partial charge in [0.05, 0.1) is 30.3 Å². The number of fused-ring (bicyclic) bond motifs is 3. The summed E-state index contributed by atoms with van der Waals surface area (Å²) >= 11 is 0. The van der Waals surface area contributed by atoms with Crippen molar-refractivity contribution in [2.24, 2.45) is 0 Å². The summed E-state index contributed by atoms with van der Waals surface area (Å²) in [4.78, 5) is 30.9. The maximum absolute atomic E-state index is 12.4. The Kier molecular flexibility index (Phi) is 24.2. The highest BCUT2D eigenvalue weighted by Gasteiger charge is 2.42. The fraction of sp³-hybridized carbons (Fsp3) is 0.491. The summed E-state index contributed by atoms with van der Waals surface area (Å²) in [6.45, 7) is 13.7. The predicted octanol–water partition coefficient (Wildman–Crippen LogP) is 5.24. The average Bonchev–Trinajstić information content (AvgIpc) is 4.07. The molecule has 0 bridgehead atoms. The standard InChI is InChI=1S/C23H28BNO3.C18H28BNO5.C14H23BN2O4S/c1-23(2)20-13-11-18(12-14-22(26)19-9-6-5-7-10-19)17-21(20)24(28-23)27-16-8-15-25(3)4;1-5-17(18(21)22-6-2)25-15-9-8-14-13-24-19(16(14)12-15)23-11-7-10-20(3)4;1-16(2)9-6-10-20-15-13-7-5-8-14(12(13)11-21-15)22(18,19)17(3)4/h5-7,9-14,17H,8,15-16H2,1-4H3;8-9,12,17H,5-7,10-11,13H2,1-4H3;5,7-8H,6,9-11H2,1-4H3/b14-12+;;. The van der Waals surface area contributed by atoms with Crippen LogP contribution in [0, 0.1) is 0 Å². The van der Waals surface area contributed by atoms with Crippen LogP contribution in [0.2, 0.25) is 0 Å². The van der Waals surface area contributed by atoms with E-state index in [4.69, 9.17) is 37.4 Å². The third-order valence-electron chi connectivity index (χ3n) is 12.4. The van der Waals surface area contributed by atoms with Crippen LogP contribution in [0.3, 0.4) is 0 Å². The van der Waals surface area contributed by atoms with Crippen LogP contribution in [0.1, 0.15) is 86.0 Å². The largest absolute Gasteiger partial charge is 0.494 e. The van der Waals surface area contributed by atoms with Crippen LogP contribution in [-0.4, -0.2) is 169 Å². The summed E-state index contributed by atoms with van der Waals surface area (Å²) in [6.07, 6.45) is 6.22. The number of esters is 1. The molecule has 0 spiro atoms. The highest BCUT2D eigenvalue weighted by molar-refractivity contribution is 7.89. The number of allylic oxidation sites excluding steroid dienone is 1. The Morgan fingerprint density at radius 1 is 0.693 bits per heavy atom. The van der Waals surface area contributed by atoms with Gasteiger partial charge in [-0.15, -0.1) is 0 Å². The minimum absolute atomic E-state index is 0.00540. The number of sulfonamides is 1. The number of ether oxygens (including phenoxy) is 2. The van der Waals surface area contributed by atoms with Crippen molar-refractivity contribution >= 4 is 65.6 Å². The molecule has 16 nitrogen and oxygen atoms in total. The zero-order valence-corrected chi connectivity index (χ0v) is 47.2. The molecule has 1 atom stereocenters. The molecular weight excluding hydrogens is 973 g/mol. The Hall–Kier alpha value is -4.70. The highest BCUT2D eigenvalue weighted by Crippen LogP contribution is 2.31. The minimum atomic E-state index is -3.47. The molecule has 0 saturated heterocycles. The van der Waals surface area contributed by atoms with E-state index in [0.717, 1.165) is 72.0 Å². The molecule has 3 aliphatic rings. The third-order valence-corrected chi connectivity index (χ3v) is 14.3. The van der Waals surface area contributed by atoms with Gasteiger partial charge in [0.15, 0.2) is 11.9 Å². The second kappa shape index (κ2) is 29.7. The Morgan fingerprint density at radius 2 is 1.29 bits per heavy atom. The van der Waals surface area contributed by atoms with Crippen LogP contribution >= 0.6 is 0 Å². The first-order valence-electron chi connectivity index (χ1n) is 25.9. The van der Waals surface area contributed by atoms with E-state index >= 15 is 0 Å². The summed E-state index contributed by atoms with van der Waals surface area (Å²) in [7, 11) is 10.6. The topological polar surface area (TPSA) is 155 Å². The summed E-state index contributed by atoms with van der Waals surface area (Å²) in [5.41, 5.74) is 7.03. The van der Waals surface area contributed by atoms with Gasteiger partial charge in [0, 0.05) is 39.5 Å². The number of rotatable bonds is 25. The van der Waals surface area contributed by atoms with Gasteiger partial charge in [0.25, 0.3) is 0 Å². The van der Waals surface area contributed by atoms with Crippen LogP contribution in [-0.2, 0) is 66.3 Å². The smallest absolute Gasteiger partial charge is 0.479 e. The van der Waals surface area contributed by atoms with Gasteiger partial charge in [-0.25, -0.2) is 17.5 Å².